The topological polar surface area (TPSA) is 61.8 Å². The Morgan fingerprint density at radius 2 is 0.676 bits per heavy atom. The fraction of sp³-hybridized carbons (Fsp3) is 0.714. The Bertz CT molecular complexity index is 1300. The van der Waals surface area contributed by atoms with E-state index in [1.54, 1.807) is 0 Å². The van der Waals surface area contributed by atoms with E-state index in [4.69, 9.17) is 14.2 Å². The van der Waals surface area contributed by atoms with Gasteiger partial charge >= 0.3 is 11.9 Å². The SMILES string of the molecule is CC/C=C\C/C=C\C/C=C\C/C=C\C/C=C\CCCC(=O)OCC(COCCCCCCCCCCCC/C=C\CCCCCCCC)OC(=O)CCCCCCC/C=C\C/C=C\CCCCC. The van der Waals surface area contributed by atoms with Crippen LogP contribution in [0.15, 0.2) is 97.2 Å². The number of carbonyl (C=O) groups excluding carboxylic acids is 2. The molecule has 5 heteroatoms. The lowest BCUT2D eigenvalue weighted by Crippen LogP contribution is -2.30. The van der Waals surface area contributed by atoms with Gasteiger partial charge in [-0.15, -0.1) is 0 Å². The second-order valence-electron chi connectivity index (χ2n) is 18.8. The van der Waals surface area contributed by atoms with E-state index in [1.807, 2.05) is 0 Å². The van der Waals surface area contributed by atoms with Gasteiger partial charge in [-0.3, -0.25) is 9.59 Å². The molecular formula is C63H108O5. The minimum Gasteiger partial charge on any atom is -0.462 e. The first-order chi connectivity index (χ1) is 33.6. The Morgan fingerprint density at radius 1 is 0.338 bits per heavy atom. The first-order valence-electron chi connectivity index (χ1n) is 28.8. The van der Waals surface area contributed by atoms with Crippen LogP contribution in [0.2, 0.25) is 0 Å². The molecule has 0 aliphatic carbocycles. The summed E-state index contributed by atoms with van der Waals surface area (Å²) in [4.78, 5) is 25.5. The molecule has 0 rings (SSSR count). The molecule has 0 aromatic rings. The van der Waals surface area contributed by atoms with Crippen LogP contribution in [-0.2, 0) is 23.8 Å². The molecule has 0 amide bonds. The smallest absolute Gasteiger partial charge is 0.306 e. The number of hydrogen-bond acceptors (Lipinski definition) is 5. The van der Waals surface area contributed by atoms with Crippen LogP contribution in [0, 0.1) is 0 Å². The van der Waals surface area contributed by atoms with Crippen LogP contribution >= 0.6 is 0 Å². The Kier molecular flexibility index (Phi) is 55.4. The minimum absolute atomic E-state index is 0.0460. The normalized spacial score (nSPS) is 12.9. The molecule has 5 nitrogen and oxygen atoms in total. The molecule has 0 heterocycles. The van der Waals surface area contributed by atoms with Crippen molar-refractivity contribution in [3.8, 4) is 0 Å². The Balaban J connectivity index is 4.36. The first kappa shape index (κ1) is 64.8. The van der Waals surface area contributed by atoms with Gasteiger partial charge in [-0.05, 0) is 116 Å². The zero-order chi connectivity index (χ0) is 49.2. The van der Waals surface area contributed by atoms with E-state index in [2.05, 4.69) is 118 Å². The highest BCUT2D eigenvalue weighted by molar-refractivity contribution is 5.70. The quantitative estimate of drug-likeness (QED) is 0.0345. The maximum absolute atomic E-state index is 12.8. The van der Waals surface area contributed by atoms with Gasteiger partial charge in [0.05, 0.1) is 6.61 Å². The van der Waals surface area contributed by atoms with Gasteiger partial charge in [0.2, 0.25) is 0 Å². The van der Waals surface area contributed by atoms with E-state index in [0.29, 0.717) is 19.4 Å². The van der Waals surface area contributed by atoms with Gasteiger partial charge in [0, 0.05) is 19.4 Å². The lowest BCUT2D eigenvalue weighted by molar-refractivity contribution is -0.163. The minimum atomic E-state index is -0.573. The molecule has 1 atom stereocenters. The van der Waals surface area contributed by atoms with Crippen molar-refractivity contribution in [3.05, 3.63) is 97.2 Å². The zero-order valence-electron chi connectivity index (χ0n) is 44.8. The largest absolute Gasteiger partial charge is 0.462 e. The molecule has 0 N–H and O–H groups in total. The van der Waals surface area contributed by atoms with Gasteiger partial charge < -0.3 is 14.2 Å². The Morgan fingerprint density at radius 3 is 1.15 bits per heavy atom. The van der Waals surface area contributed by atoms with Gasteiger partial charge in [-0.25, -0.2) is 0 Å². The Hall–Kier alpha value is -3.18. The van der Waals surface area contributed by atoms with Gasteiger partial charge in [0.1, 0.15) is 6.61 Å². The number of ether oxygens (including phenoxy) is 3. The average molecular weight is 946 g/mol. The van der Waals surface area contributed by atoms with E-state index in [9.17, 15) is 9.59 Å². The van der Waals surface area contributed by atoms with Crippen LogP contribution in [0.1, 0.15) is 265 Å². The molecule has 0 aromatic carbocycles. The van der Waals surface area contributed by atoms with Crippen molar-refractivity contribution in [3.63, 3.8) is 0 Å². The summed E-state index contributed by atoms with van der Waals surface area (Å²) in [7, 11) is 0. The predicted molar refractivity (Wildman–Crippen MR) is 297 cm³/mol. The maximum atomic E-state index is 12.8. The molecule has 0 spiro atoms. The molecular weight excluding hydrogens is 837 g/mol. The average Bonchev–Trinajstić information content (AvgIpc) is 3.34. The van der Waals surface area contributed by atoms with Crippen molar-refractivity contribution in [2.24, 2.45) is 0 Å². The fourth-order valence-electron chi connectivity index (χ4n) is 7.81. The molecule has 0 aliphatic heterocycles. The third-order valence-electron chi connectivity index (χ3n) is 12.1. The van der Waals surface area contributed by atoms with Crippen molar-refractivity contribution < 1.29 is 23.8 Å². The van der Waals surface area contributed by atoms with Gasteiger partial charge in [0.25, 0.3) is 0 Å². The van der Waals surface area contributed by atoms with Crippen molar-refractivity contribution in [1.82, 2.24) is 0 Å². The second-order valence-corrected chi connectivity index (χ2v) is 18.8. The molecule has 0 saturated heterocycles. The molecule has 0 saturated carbocycles. The summed E-state index contributed by atoms with van der Waals surface area (Å²) in [6, 6.07) is 0. The van der Waals surface area contributed by atoms with Crippen molar-refractivity contribution in [2.75, 3.05) is 19.8 Å². The summed E-state index contributed by atoms with van der Waals surface area (Å²) >= 11 is 0. The molecule has 68 heavy (non-hydrogen) atoms. The van der Waals surface area contributed by atoms with Crippen LogP contribution < -0.4 is 0 Å². The lowest BCUT2D eigenvalue weighted by atomic mass is 10.1. The fourth-order valence-corrected chi connectivity index (χ4v) is 7.81. The number of carbonyl (C=O) groups is 2. The van der Waals surface area contributed by atoms with Crippen molar-refractivity contribution in [2.45, 2.75) is 271 Å². The summed E-state index contributed by atoms with van der Waals surface area (Å²) in [5.41, 5.74) is 0. The van der Waals surface area contributed by atoms with E-state index in [1.165, 1.54) is 141 Å². The zero-order valence-corrected chi connectivity index (χ0v) is 44.8. The molecule has 0 radical (unpaired) electrons. The third kappa shape index (κ3) is 55.4. The number of esters is 2. The highest BCUT2D eigenvalue weighted by atomic mass is 16.6. The highest BCUT2D eigenvalue weighted by Crippen LogP contribution is 2.14. The van der Waals surface area contributed by atoms with Gasteiger partial charge in [-0.1, -0.05) is 234 Å². The molecule has 0 aromatic heterocycles. The van der Waals surface area contributed by atoms with Crippen LogP contribution in [0.4, 0.5) is 0 Å². The summed E-state index contributed by atoms with van der Waals surface area (Å²) in [5.74, 6) is -0.479. The number of hydrogen-bond donors (Lipinski definition) is 0. The molecule has 390 valence electrons. The van der Waals surface area contributed by atoms with E-state index in [0.717, 1.165) is 89.9 Å². The lowest BCUT2D eigenvalue weighted by Gasteiger charge is -2.18. The summed E-state index contributed by atoms with van der Waals surface area (Å²) in [5, 5.41) is 0. The van der Waals surface area contributed by atoms with Crippen molar-refractivity contribution >= 4 is 11.9 Å². The molecule has 1 unspecified atom stereocenters. The first-order valence-corrected chi connectivity index (χ1v) is 28.8. The van der Waals surface area contributed by atoms with Crippen LogP contribution in [-0.4, -0.2) is 37.9 Å². The summed E-state index contributed by atoms with van der Waals surface area (Å²) in [6.07, 6.45) is 78.6. The van der Waals surface area contributed by atoms with Crippen LogP contribution in [0.5, 0.6) is 0 Å². The van der Waals surface area contributed by atoms with E-state index >= 15 is 0 Å². The van der Waals surface area contributed by atoms with E-state index in [-0.39, 0.29) is 25.2 Å². The second kappa shape index (κ2) is 58.1. The van der Waals surface area contributed by atoms with Gasteiger partial charge in [0.15, 0.2) is 6.10 Å². The van der Waals surface area contributed by atoms with Gasteiger partial charge in [-0.2, -0.15) is 0 Å². The number of allylic oxidation sites excluding steroid dienone is 16. The summed E-state index contributed by atoms with van der Waals surface area (Å²) < 4.78 is 17.4. The maximum Gasteiger partial charge on any atom is 0.306 e. The van der Waals surface area contributed by atoms with Crippen molar-refractivity contribution in [1.29, 1.82) is 0 Å². The van der Waals surface area contributed by atoms with Crippen LogP contribution in [0.3, 0.4) is 0 Å². The number of rotatable bonds is 52. The molecule has 0 aliphatic rings. The number of unbranched alkanes of at least 4 members (excludes halogenated alkanes) is 25. The monoisotopic (exact) mass is 945 g/mol. The van der Waals surface area contributed by atoms with Crippen LogP contribution in [0.25, 0.3) is 0 Å². The third-order valence-corrected chi connectivity index (χ3v) is 12.1. The molecule has 0 bridgehead atoms. The summed E-state index contributed by atoms with van der Waals surface area (Å²) in [6.45, 7) is 7.62. The predicted octanol–water partition coefficient (Wildman–Crippen LogP) is 19.8. The Labute approximate surface area is 422 Å². The molecule has 0 fully saturated rings. The standard InChI is InChI=1S/C63H108O5/c1-4-7-10-13-16-19-22-25-28-30-31-32-34-37-40-43-46-49-52-55-58-66-59-61(68-63(65)57-54-51-48-45-42-39-35-27-24-21-18-15-12-9-6-3)60-67-62(64)56-53-50-47-44-41-38-36-33-29-26-23-20-17-14-11-8-5-2/h8,11,17-18,20-21,25-29,35-36,38,44,47,61H,4-7,9-10,12-16,19,22-24,30-34,37,39-43,45-46,48-60H2,1-3H3/b11-8-,20-17-,21-18-,28-25-,29-26-,35-27-,38-36-,47-44-. The van der Waals surface area contributed by atoms with E-state index < -0.39 is 6.10 Å². The highest BCUT2D eigenvalue weighted by Gasteiger charge is 2.17.